The SMILES string of the molecule is c1ccc(N(c2ccc(-c3ccc4c(c3)c3cc(C5(c6ccccc6)c6ccccc6-c6ccccc65)ccc3n4-c3ccccc3)cc2)c2ccc3ccccc3c2)cc1. The Hall–Kier alpha value is -7.94. The highest BCUT2D eigenvalue weighted by Crippen LogP contribution is 2.56. The van der Waals surface area contributed by atoms with Gasteiger partial charge in [-0.25, -0.2) is 0 Å². The highest BCUT2D eigenvalue weighted by atomic mass is 15.1. The predicted molar refractivity (Wildman–Crippen MR) is 256 cm³/mol. The van der Waals surface area contributed by atoms with Crippen LogP contribution in [0.5, 0.6) is 0 Å². The number of benzene rings is 10. The molecule has 12 rings (SSSR count). The zero-order valence-corrected chi connectivity index (χ0v) is 33.5. The molecule has 0 bridgehead atoms. The van der Waals surface area contributed by atoms with Crippen LogP contribution >= 0.6 is 0 Å². The zero-order chi connectivity index (χ0) is 40.3. The number of rotatable bonds is 7. The fraction of sp³-hybridized carbons (Fsp3) is 0.0169. The van der Waals surface area contributed by atoms with Crippen molar-refractivity contribution in [3.8, 4) is 27.9 Å². The number of anilines is 3. The van der Waals surface area contributed by atoms with E-state index in [0.717, 1.165) is 22.7 Å². The van der Waals surface area contributed by atoms with Crippen molar-refractivity contribution in [2.45, 2.75) is 5.41 Å². The van der Waals surface area contributed by atoms with Crippen molar-refractivity contribution in [2.75, 3.05) is 4.90 Å². The van der Waals surface area contributed by atoms with Gasteiger partial charge in [-0.2, -0.15) is 0 Å². The van der Waals surface area contributed by atoms with Crippen molar-refractivity contribution in [3.63, 3.8) is 0 Å². The molecule has 0 spiro atoms. The van der Waals surface area contributed by atoms with Crippen LogP contribution in [-0.2, 0) is 5.41 Å². The minimum Gasteiger partial charge on any atom is -0.310 e. The van der Waals surface area contributed by atoms with Gasteiger partial charge in [-0.1, -0.05) is 170 Å². The summed E-state index contributed by atoms with van der Waals surface area (Å²) in [4.78, 5) is 2.34. The van der Waals surface area contributed by atoms with Crippen LogP contribution in [0.1, 0.15) is 22.3 Å². The van der Waals surface area contributed by atoms with E-state index in [1.807, 2.05) is 0 Å². The summed E-state index contributed by atoms with van der Waals surface area (Å²) in [5.74, 6) is 0. The molecular weight excluding hydrogens is 737 g/mol. The Balaban J connectivity index is 1.04. The average molecular weight is 777 g/mol. The summed E-state index contributed by atoms with van der Waals surface area (Å²) in [6.45, 7) is 0. The van der Waals surface area contributed by atoms with Crippen molar-refractivity contribution in [1.29, 1.82) is 0 Å². The highest BCUT2D eigenvalue weighted by molar-refractivity contribution is 6.11. The van der Waals surface area contributed by atoms with Crippen molar-refractivity contribution in [1.82, 2.24) is 4.57 Å². The molecule has 0 atom stereocenters. The highest BCUT2D eigenvalue weighted by Gasteiger charge is 2.46. The van der Waals surface area contributed by atoms with E-state index >= 15 is 0 Å². The molecule has 1 aromatic heterocycles. The van der Waals surface area contributed by atoms with E-state index in [4.69, 9.17) is 0 Å². The lowest BCUT2D eigenvalue weighted by molar-refractivity contribution is 0.770. The van der Waals surface area contributed by atoms with Gasteiger partial charge in [0.15, 0.2) is 0 Å². The Labute approximate surface area is 355 Å². The molecule has 2 nitrogen and oxygen atoms in total. The largest absolute Gasteiger partial charge is 0.310 e. The van der Waals surface area contributed by atoms with Crippen LogP contribution in [0.3, 0.4) is 0 Å². The third-order valence-electron chi connectivity index (χ3n) is 12.8. The van der Waals surface area contributed by atoms with Gasteiger partial charge in [0.25, 0.3) is 0 Å². The minimum atomic E-state index is -0.479. The van der Waals surface area contributed by atoms with Gasteiger partial charge in [0.2, 0.25) is 0 Å². The Kier molecular flexibility index (Phi) is 8.11. The van der Waals surface area contributed by atoms with E-state index in [0.29, 0.717) is 0 Å². The summed E-state index contributed by atoms with van der Waals surface area (Å²) in [7, 11) is 0. The van der Waals surface area contributed by atoms with Crippen LogP contribution in [-0.4, -0.2) is 4.57 Å². The van der Waals surface area contributed by atoms with Crippen molar-refractivity contribution < 1.29 is 0 Å². The monoisotopic (exact) mass is 776 g/mol. The van der Waals surface area contributed by atoms with Crippen LogP contribution in [0.25, 0.3) is 60.5 Å². The standard InChI is InChI=1S/C59H40N2/c1-4-18-45(19-5-1)59(55-26-14-12-24-51(55)52-25-13-15-27-56(52)59)46-32-37-58-54(40-46)53-39-44(31-36-57(53)61(58)48-22-8-3-9-23-48)42-28-33-49(34-29-42)60(47-20-6-2-7-21-47)50-35-30-41-16-10-11-17-43(41)38-50/h1-40H. The molecule has 1 aliphatic rings. The Morgan fingerprint density at radius 2 is 0.852 bits per heavy atom. The van der Waals surface area contributed by atoms with E-state index in [-0.39, 0.29) is 0 Å². The summed E-state index contributed by atoms with van der Waals surface area (Å²) < 4.78 is 2.42. The van der Waals surface area contributed by atoms with Crippen LogP contribution in [0.2, 0.25) is 0 Å². The molecule has 0 unspecified atom stereocenters. The van der Waals surface area contributed by atoms with Gasteiger partial charge in [-0.3, -0.25) is 0 Å². The molecule has 0 saturated carbocycles. The fourth-order valence-corrected chi connectivity index (χ4v) is 10.1. The van der Waals surface area contributed by atoms with Gasteiger partial charge in [0, 0.05) is 33.5 Å². The number of para-hydroxylation sites is 2. The first kappa shape index (κ1) is 35.0. The van der Waals surface area contributed by atoms with Gasteiger partial charge in [0.05, 0.1) is 16.4 Å². The van der Waals surface area contributed by atoms with E-state index in [1.54, 1.807) is 0 Å². The normalized spacial score (nSPS) is 12.7. The number of hydrogen-bond acceptors (Lipinski definition) is 1. The molecule has 0 aliphatic heterocycles. The maximum Gasteiger partial charge on any atom is 0.0713 e. The molecule has 10 aromatic carbocycles. The topological polar surface area (TPSA) is 8.17 Å². The fourth-order valence-electron chi connectivity index (χ4n) is 10.1. The molecule has 1 aliphatic carbocycles. The second-order valence-corrected chi connectivity index (χ2v) is 16.1. The maximum absolute atomic E-state index is 2.48. The molecule has 0 N–H and O–H groups in total. The lowest BCUT2D eigenvalue weighted by Crippen LogP contribution is -2.28. The van der Waals surface area contributed by atoms with Gasteiger partial charge >= 0.3 is 0 Å². The Morgan fingerprint density at radius 3 is 1.56 bits per heavy atom. The summed E-state index contributed by atoms with van der Waals surface area (Å²) in [6, 6.07) is 89.0. The second kappa shape index (κ2) is 14.1. The average Bonchev–Trinajstić information content (AvgIpc) is 3.83. The third kappa shape index (κ3) is 5.50. The first-order valence-electron chi connectivity index (χ1n) is 21.1. The van der Waals surface area contributed by atoms with Gasteiger partial charge < -0.3 is 9.47 Å². The predicted octanol–water partition coefficient (Wildman–Crippen LogP) is 15.4. The first-order valence-corrected chi connectivity index (χ1v) is 21.1. The second-order valence-electron chi connectivity index (χ2n) is 16.1. The number of fused-ring (bicyclic) bond motifs is 7. The van der Waals surface area contributed by atoms with Crippen LogP contribution < -0.4 is 4.90 Å². The summed E-state index contributed by atoms with van der Waals surface area (Å²) >= 11 is 0. The quantitative estimate of drug-likeness (QED) is 0.156. The van der Waals surface area contributed by atoms with Crippen molar-refractivity contribution in [2.24, 2.45) is 0 Å². The molecule has 2 heteroatoms. The van der Waals surface area contributed by atoms with Gasteiger partial charge in [-0.15, -0.1) is 0 Å². The number of nitrogens with zero attached hydrogens (tertiary/aromatic N) is 2. The van der Waals surface area contributed by atoms with E-state index < -0.39 is 5.41 Å². The van der Waals surface area contributed by atoms with Crippen LogP contribution in [0.15, 0.2) is 243 Å². The minimum absolute atomic E-state index is 0.479. The molecule has 0 radical (unpaired) electrons. The van der Waals surface area contributed by atoms with Gasteiger partial charge in [-0.05, 0) is 128 Å². The number of aromatic nitrogens is 1. The Morgan fingerprint density at radius 1 is 0.328 bits per heavy atom. The van der Waals surface area contributed by atoms with Crippen molar-refractivity contribution >= 4 is 49.6 Å². The summed E-state index contributed by atoms with van der Waals surface area (Å²) in [5.41, 5.74) is 16.5. The molecule has 61 heavy (non-hydrogen) atoms. The first-order chi connectivity index (χ1) is 30.3. The Bertz CT molecular complexity index is 3360. The maximum atomic E-state index is 2.48. The zero-order valence-electron chi connectivity index (χ0n) is 33.5. The molecule has 0 saturated heterocycles. The van der Waals surface area contributed by atoms with E-state index in [2.05, 4.69) is 252 Å². The van der Waals surface area contributed by atoms with Crippen LogP contribution in [0.4, 0.5) is 17.1 Å². The smallest absolute Gasteiger partial charge is 0.0713 e. The molecular formula is C59H40N2. The molecule has 0 fully saturated rings. The van der Waals surface area contributed by atoms with Crippen LogP contribution in [0, 0.1) is 0 Å². The van der Waals surface area contributed by atoms with E-state index in [9.17, 15) is 0 Å². The van der Waals surface area contributed by atoms with Gasteiger partial charge in [0.1, 0.15) is 0 Å². The summed E-state index contributed by atoms with van der Waals surface area (Å²) in [6.07, 6.45) is 0. The lowest BCUT2D eigenvalue weighted by Gasteiger charge is -2.34. The molecule has 286 valence electrons. The summed E-state index contributed by atoms with van der Waals surface area (Å²) in [5, 5.41) is 4.92. The third-order valence-corrected chi connectivity index (χ3v) is 12.8. The van der Waals surface area contributed by atoms with E-state index in [1.165, 1.54) is 77.1 Å². The van der Waals surface area contributed by atoms with Crippen molar-refractivity contribution in [3.05, 3.63) is 265 Å². The lowest BCUT2D eigenvalue weighted by atomic mass is 9.67. The molecule has 0 amide bonds. The number of hydrogen-bond donors (Lipinski definition) is 0. The molecule has 11 aromatic rings. The molecule has 1 heterocycles.